The second-order valence-corrected chi connectivity index (χ2v) is 7.76. The van der Waals surface area contributed by atoms with Crippen LogP contribution in [0.2, 0.25) is 0 Å². The Hall–Kier alpha value is -1.83. The summed E-state index contributed by atoms with van der Waals surface area (Å²) in [5, 5.41) is 0. The number of hydrogen-bond acceptors (Lipinski definition) is 3. The van der Waals surface area contributed by atoms with Crippen LogP contribution in [-0.4, -0.2) is 32.4 Å². The number of benzene rings is 2. The summed E-state index contributed by atoms with van der Waals surface area (Å²) in [6, 6.07) is 12.5. The molecule has 128 valence electrons. The summed E-state index contributed by atoms with van der Waals surface area (Å²) in [6.07, 6.45) is 0. The van der Waals surface area contributed by atoms with Crippen molar-refractivity contribution in [2.75, 3.05) is 19.6 Å². The van der Waals surface area contributed by atoms with E-state index in [9.17, 15) is 17.2 Å². The van der Waals surface area contributed by atoms with E-state index in [4.69, 9.17) is 5.73 Å². The van der Waals surface area contributed by atoms with Gasteiger partial charge in [-0.3, -0.25) is 0 Å². The highest BCUT2D eigenvalue weighted by Crippen LogP contribution is 2.36. The summed E-state index contributed by atoms with van der Waals surface area (Å²) in [7, 11) is -4.26. The minimum Gasteiger partial charge on any atom is -0.330 e. The van der Waals surface area contributed by atoms with Crippen molar-refractivity contribution < 1.29 is 17.2 Å². The van der Waals surface area contributed by atoms with Crippen LogP contribution in [0.25, 0.3) is 0 Å². The van der Waals surface area contributed by atoms with Crippen LogP contribution >= 0.6 is 0 Å². The van der Waals surface area contributed by atoms with Crippen molar-refractivity contribution in [3.63, 3.8) is 0 Å². The van der Waals surface area contributed by atoms with Crippen LogP contribution in [0, 0.1) is 17.6 Å². The maximum atomic E-state index is 13.9. The van der Waals surface area contributed by atoms with Crippen molar-refractivity contribution in [3.8, 4) is 0 Å². The van der Waals surface area contributed by atoms with Gasteiger partial charge in [0.15, 0.2) is 4.90 Å². The lowest BCUT2D eigenvalue weighted by atomic mass is 9.89. The monoisotopic (exact) mass is 352 g/mol. The van der Waals surface area contributed by atoms with E-state index in [0.29, 0.717) is 6.54 Å². The summed E-state index contributed by atoms with van der Waals surface area (Å²) in [6.45, 7) is 0.597. The largest absolute Gasteiger partial charge is 0.330 e. The molecular weight excluding hydrogens is 334 g/mol. The third-order valence-electron chi connectivity index (χ3n) is 4.45. The van der Waals surface area contributed by atoms with Gasteiger partial charge in [-0.2, -0.15) is 4.31 Å². The van der Waals surface area contributed by atoms with Gasteiger partial charge in [0.05, 0.1) is 0 Å². The van der Waals surface area contributed by atoms with Crippen LogP contribution in [0.3, 0.4) is 0 Å². The Morgan fingerprint density at radius 2 is 1.62 bits per heavy atom. The van der Waals surface area contributed by atoms with E-state index in [1.807, 2.05) is 30.3 Å². The lowest BCUT2D eigenvalue weighted by molar-refractivity contribution is 0.443. The molecular formula is C17H18F2N2O2S. The maximum Gasteiger partial charge on any atom is 0.248 e. The molecule has 0 aliphatic carbocycles. The minimum absolute atomic E-state index is 0.0965. The van der Waals surface area contributed by atoms with Gasteiger partial charge in [-0.1, -0.05) is 36.4 Å². The minimum atomic E-state index is -4.26. The van der Waals surface area contributed by atoms with Gasteiger partial charge in [-0.25, -0.2) is 17.2 Å². The van der Waals surface area contributed by atoms with Crippen molar-refractivity contribution in [2.45, 2.75) is 10.8 Å². The fraction of sp³-hybridized carbons (Fsp3) is 0.294. The van der Waals surface area contributed by atoms with Crippen LogP contribution in [0.5, 0.6) is 0 Å². The first-order chi connectivity index (χ1) is 11.4. The topological polar surface area (TPSA) is 63.4 Å². The van der Waals surface area contributed by atoms with Gasteiger partial charge < -0.3 is 5.73 Å². The zero-order valence-corrected chi connectivity index (χ0v) is 13.7. The van der Waals surface area contributed by atoms with Gasteiger partial charge in [0.25, 0.3) is 0 Å². The van der Waals surface area contributed by atoms with Crippen molar-refractivity contribution in [2.24, 2.45) is 11.7 Å². The Bertz CT molecular complexity index is 807. The Morgan fingerprint density at radius 3 is 2.21 bits per heavy atom. The number of nitrogens with two attached hydrogens (primary N) is 1. The lowest BCUT2D eigenvalue weighted by Crippen LogP contribution is -2.31. The van der Waals surface area contributed by atoms with Crippen molar-refractivity contribution >= 4 is 10.0 Å². The molecule has 0 spiro atoms. The van der Waals surface area contributed by atoms with Crippen molar-refractivity contribution in [1.29, 1.82) is 0 Å². The molecule has 1 aliphatic rings. The molecule has 1 fully saturated rings. The molecule has 4 nitrogen and oxygen atoms in total. The predicted octanol–water partition coefficient (Wildman–Crippen LogP) is 2.33. The average Bonchev–Trinajstić information content (AvgIpc) is 3.00. The van der Waals surface area contributed by atoms with Crippen LogP contribution in [0.1, 0.15) is 11.5 Å². The van der Waals surface area contributed by atoms with Gasteiger partial charge in [0.1, 0.15) is 11.6 Å². The number of sulfonamides is 1. The predicted molar refractivity (Wildman–Crippen MR) is 86.8 cm³/mol. The molecule has 1 heterocycles. The molecule has 0 saturated carbocycles. The van der Waals surface area contributed by atoms with Crippen molar-refractivity contribution in [1.82, 2.24) is 4.31 Å². The summed E-state index contributed by atoms with van der Waals surface area (Å²) >= 11 is 0. The first-order valence-corrected chi connectivity index (χ1v) is 9.08. The quantitative estimate of drug-likeness (QED) is 0.919. The normalized spacial score (nSPS) is 22.0. The molecule has 0 amide bonds. The molecule has 2 atom stereocenters. The van der Waals surface area contributed by atoms with Crippen LogP contribution in [0.15, 0.2) is 53.4 Å². The maximum absolute atomic E-state index is 13.9. The van der Waals surface area contributed by atoms with Gasteiger partial charge in [-0.05, 0) is 30.2 Å². The molecule has 3 rings (SSSR count). The van der Waals surface area contributed by atoms with Crippen LogP contribution in [0.4, 0.5) is 8.78 Å². The Kier molecular flexibility index (Phi) is 4.67. The van der Waals surface area contributed by atoms with Gasteiger partial charge in [0, 0.05) is 19.0 Å². The lowest BCUT2D eigenvalue weighted by Gasteiger charge is -2.17. The summed E-state index contributed by atoms with van der Waals surface area (Å²) in [4.78, 5) is -0.894. The molecule has 0 radical (unpaired) electrons. The highest BCUT2D eigenvalue weighted by molar-refractivity contribution is 7.89. The number of hydrogen-bond donors (Lipinski definition) is 1. The molecule has 0 aromatic heterocycles. The Labute approximate surface area is 139 Å². The highest BCUT2D eigenvalue weighted by Gasteiger charge is 2.41. The smallest absolute Gasteiger partial charge is 0.248 e. The van der Waals surface area contributed by atoms with E-state index in [1.54, 1.807) is 0 Å². The first kappa shape index (κ1) is 17.0. The SMILES string of the molecule is NC[C@@H]1CN(S(=O)(=O)c2c(F)cccc2F)C[C@H]1c1ccccc1. The number of rotatable bonds is 4. The fourth-order valence-corrected chi connectivity index (χ4v) is 4.83. The summed E-state index contributed by atoms with van der Waals surface area (Å²) in [5.74, 6) is -2.36. The van der Waals surface area contributed by atoms with E-state index >= 15 is 0 Å². The first-order valence-electron chi connectivity index (χ1n) is 7.64. The van der Waals surface area contributed by atoms with E-state index < -0.39 is 26.6 Å². The zero-order chi connectivity index (χ0) is 17.3. The molecule has 0 bridgehead atoms. The Morgan fingerprint density at radius 1 is 1.00 bits per heavy atom. The van der Waals surface area contributed by atoms with E-state index in [-0.39, 0.29) is 24.9 Å². The molecule has 2 N–H and O–H groups in total. The van der Waals surface area contributed by atoms with Crippen LogP contribution in [-0.2, 0) is 10.0 Å². The third kappa shape index (κ3) is 2.94. The second-order valence-electron chi connectivity index (χ2n) is 5.89. The van der Waals surface area contributed by atoms with Gasteiger partial charge in [-0.15, -0.1) is 0 Å². The standard InChI is InChI=1S/C17H18F2N2O2S/c18-15-7-4-8-16(19)17(15)24(22,23)21-10-13(9-20)14(11-21)12-5-2-1-3-6-12/h1-8,13-14H,9-11,20H2/t13-,14+/m1/s1. The Balaban J connectivity index is 1.96. The van der Waals surface area contributed by atoms with Gasteiger partial charge in [0.2, 0.25) is 10.0 Å². The highest BCUT2D eigenvalue weighted by atomic mass is 32.2. The summed E-state index contributed by atoms with van der Waals surface area (Å²) < 4.78 is 54.4. The van der Waals surface area contributed by atoms with Crippen LogP contribution < -0.4 is 5.73 Å². The van der Waals surface area contributed by atoms with E-state index in [2.05, 4.69) is 0 Å². The zero-order valence-electron chi connectivity index (χ0n) is 12.9. The average molecular weight is 352 g/mol. The van der Waals surface area contributed by atoms with Gasteiger partial charge >= 0.3 is 0 Å². The molecule has 2 aromatic carbocycles. The molecule has 1 saturated heterocycles. The third-order valence-corrected chi connectivity index (χ3v) is 6.34. The molecule has 24 heavy (non-hydrogen) atoms. The number of halogens is 2. The van der Waals surface area contributed by atoms with E-state index in [0.717, 1.165) is 28.1 Å². The van der Waals surface area contributed by atoms with Crippen molar-refractivity contribution in [3.05, 3.63) is 65.7 Å². The molecule has 2 aromatic rings. The fourth-order valence-electron chi connectivity index (χ4n) is 3.20. The molecule has 0 unspecified atom stereocenters. The molecule has 7 heteroatoms. The summed E-state index contributed by atoms with van der Waals surface area (Å²) in [5.41, 5.74) is 6.77. The number of nitrogens with zero attached hydrogens (tertiary/aromatic N) is 1. The second kappa shape index (κ2) is 6.58. The molecule has 1 aliphatic heterocycles. The van der Waals surface area contributed by atoms with E-state index in [1.165, 1.54) is 0 Å².